The van der Waals surface area contributed by atoms with Crippen LogP contribution in [0.2, 0.25) is 0 Å². The van der Waals surface area contributed by atoms with Gasteiger partial charge in [-0.3, -0.25) is 24.3 Å². The molecule has 0 bridgehead atoms. The number of hydrogen-bond acceptors (Lipinski definition) is 4. The quantitative estimate of drug-likeness (QED) is 0.420. The van der Waals surface area contributed by atoms with Crippen molar-refractivity contribution in [3.05, 3.63) is 84.1 Å². The van der Waals surface area contributed by atoms with Crippen LogP contribution in [0.5, 0.6) is 0 Å². The summed E-state index contributed by atoms with van der Waals surface area (Å²) in [6, 6.07) is 19.1. The highest BCUT2D eigenvalue weighted by Gasteiger charge is 2.40. The topological polar surface area (TPSA) is 79.4 Å². The molecule has 0 fully saturated rings. The van der Waals surface area contributed by atoms with Crippen LogP contribution in [0.4, 0.5) is 5.69 Å². The van der Waals surface area contributed by atoms with Crippen LogP contribution in [0.15, 0.2) is 72.9 Å². The average molecular weight is 395 g/mol. The van der Waals surface area contributed by atoms with Crippen molar-refractivity contribution in [2.24, 2.45) is 0 Å². The lowest BCUT2D eigenvalue weighted by Gasteiger charge is -2.22. The first-order chi connectivity index (χ1) is 14.6. The smallest absolute Gasteiger partial charge is 0.262 e. The largest absolute Gasteiger partial charge is 0.324 e. The van der Waals surface area contributed by atoms with E-state index in [1.165, 1.54) is 0 Å². The molecule has 2 heterocycles. The predicted molar refractivity (Wildman–Crippen MR) is 114 cm³/mol. The highest BCUT2D eigenvalue weighted by Crippen LogP contribution is 2.29. The number of amides is 3. The van der Waals surface area contributed by atoms with Crippen molar-refractivity contribution in [2.45, 2.75) is 13.0 Å². The van der Waals surface area contributed by atoms with Gasteiger partial charge in [-0.25, -0.2) is 0 Å². The molecule has 1 atom stereocenters. The maximum atomic E-state index is 13.0. The number of aromatic nitrogens is 1. The van der Waals surface area contributed by atoms with Crippen LogP contribution in [0.1, 0.15) is 27.6 Å². The van der Waals surface area contributed by atoms with Crippen molar-refractivity contribution >= 4 is 45.1 Å². The lowest BCUT2D eigenvalue weighted by molar-refractivity contribution is -0.119. The summed E-state index contributed by atoms with van der Waals surface area (Å²) < 4.78 is 0. The van der Waals surface area contributed by atoms with Gasteiger partial charge in [0.25, 0.3) is 11.8 Å². The van der Waals surface area contributed by atoms with E-state index in [2.05, 4.69) is 10.3 Å². The Bertz CT molecular complexity index is 1330. The fraction of sp³-hybridized carbons (Fsp3) is 0.0833. The molecule has 1 N–H and O–H groups in total. The fourth-order valence-corrected chi connectivity index (χ4v) is 3.91. The van der Waals surface area contributed by atoms with Gasteiger partial charge in [-0.15, -0.1) is 0 Å². The van der Waals surface area contributed by atoms with Gasteiger partial charge in [0.1, 0.15) is 6.04 Å². The molecule has 0 aliphatic carbocycles. The third kappa shape index (κ3) is 2.65. The standard InChI is InChI=1S/C24H17N3O3/c1-14(27-23(29)17-8-4-5-9-18(17)24(27)30)22(28)26-20-12-13-25-21-16-7-3-2-6-15(16)10-11-19(20)21/h2-14H,1H3,(H,25,26,28)/t14-/m0/s1. The lowest BCUT2D eigenvalue weighted by atomic mass is 10.1. The molecular weight excluding hydrogens is 378 g/mol. The molecule has 5 rings (SSSR count). The zero-order valence-electron chi connectivity index (χ0n) is 16.1. The minimum Gasteiger partial charge on any atom is -0.324 e. The molecule has 0 unspecified atom stereocenters. The van der Waals surface area contributed by atoms with Crippen molar-refractivity contribution in [3.8, 4) is 0 Å². The number of fused-ring (bicyclic) bond motifs is 4. The number of carbonyl (C=O) groups is 3. The summed E-state index contributed by atoms with van der Waals surface area (Å²) in [5.74, 6) is -1.35. The Morgan fingerprint density at radius 2 is 1.53 bits per heavy atom. The molecule has 0 spiro atoms. The van der Waals surface area contributed by atoms with Crippen molar-refractivity contribution < 1.29 is 14.4 Å². The van der Waals surface area contributed by atoms with E-state index in [1.807, 2.05) is 36.4 Å². The van der Waals surface area contributed by atoms with Crippen molar-refractivity contribution in [2.75, 3.05) is 5.32 Å². The number of nitrogens with one attached hydrogen (secondary N) is 1. The van der Waals surface area contributed by atoms with Crippen LogP contribution in [0, 0.1) is 0 Å². The molecule has 0 saturated carbocycles. The minimum atomic E-state index is -0.957. The van der Waals surface area contributed by atoms with Crippen LogP contribution in [0.25, 0.3) is 21.7 Å². The molecule has 6 heteroatoms. The Balaban J connectivity index is 1.47. The van der Waals surface area contributed by atoms with Gasteiger partial charge in [-0.1, -0.05) is 48.5 Å². The van der Waals surface area contributed by atoms with Crippen LogP contribution in [-0.4, -0.2) is 33.6 Å². The molecule has 4 aromatic rings. The molecule has 1 aliphatic heterocycles. The molecular formula is C24H17N3O3. The fourth-order valence-electron chi connectivity index (χ4n) is 3.91. The lowest BCUT2D eigenvalue weighted by Crippen LogP contribution is -2.45. The number of pyridine rings is 1. The van der Waals surface area contributed by atoms with E-state index in [0.29, 0.717) is 16.8 Å². The summed E-state index contributed by atoms with van der Waals surface area (Å²) in [6.07, 6.45) is 1.64. The minimum absolute atomic E-state index is 0.322. The predicted octanol–water partition coefficient (Wildman–Crippen LogP) is 4.01. The summed E-state index contributed by atoms with van der Waals surface area (Å²) in [7, 11) is 0. The molecule has 6 nitrogen and oxygen atoms in total. The number of anilines is 1. The summed E-state index contributed by atoms with van der Waals surface area (Å²) in [6.45, 7) is 1.55. The summed E-state index contributed by atoms with van der Waals surface area (Å²) in [5.41, 5.74) is 2.00. The maximum absolute atomic E-state index is 13.0. The zero-order valence-corrected chi connectivity index (χ0v) is 16.1. The number of hydrogen-bond donors (Lipinski definition) is 1. The van der Waals surface area contributed by atoms with E-state index < -0.39 is 23.8 Å². The van der Waals surface area contributed by atoms with Crippen LogP contribution < -0.4 is 5.32 Å². The molecule has 0 saturated heterocycles. The van der Waals surface area contributed by atoms with Gasteiger partial charge in [0.2, 0.25) is 5.91 Å². The molecule has 0 radical (unpaired) electrons. The number of imide groups is 1. The van der Waals surface area contributed by atoms with Gasteiger partial charge in [0.15, 0.2) is 0 Å². The number of rotatable bonds is 3. The molecule has 1 aliphatic rings. The number of benzene rings is 3. The van der Waals surface area contributed by atoms with E-state index in [-0.39, 0.29) is 0 Å². The van der Waals surface area contributed by atoms with E-state index in [0.717, 1.165) is 26.6 Å². The third-order valence-corrected chi connectivity index (χ3v) is 5.49. The Morgan fingerprint density at radius 3 is 2.27 bits per heavy atom. The van der Waals surface area contributed by atoms with Crippen LogP contribution >= 0.6 is 0 Å². The van der Waals surface area contributed by atoms with Crippen molar-refractivity contribution in [1.82, 2.24) is 9.88 Å². The molecule has 30 heavy (non-hydrogen) atoms. The molecule has 3 amide bonds. The Labute approximate surface area is 172 Å². The molecule has 146 valence electrons. The van der Waals surface area contributed by atoms with Crippen molar-refractivity contribution in [3.63, 3.8) is 0 Å². The van der Waals surface area contributed by atoms with Crippen molar-refractivity contribution in [1.29, 1.82) is 0 Å². The summed E-state index contributed by atoms with van der Waals surface area (Å²) in [4.78, 5) is 43.8. The van der Waals surface area contributed by atoms with E-state index >= 15 is 0 Å². The third-order valence-electron chi connectivity index (χ3n) is 5.49. The van der Waals surface area contributed by atoms with Crippen LogP contribution in [0.3, 0.4) is 0 Å². The SMILES string of the molecule is C[C@@H](C(=O)Nc1ccnc2c1ccc1ccccc12)N1C(=O)c2ccccc2C1=O. The number of nitrogens with zero attached hydrogens (tertiary/aromatic N) is 2. The van der Waals surface area contributed by atoms with Gasteiger partial charge in [0, 0.05) is 17.0 Å². The summed E-state index contributed by atoms with van der Waals surface area (Å²) >= 11 is 0. The van der Waals surface area contributed by atoms with Gasteiger partial charge < -0.3 is 5.32 Å². The van der Waals surface area contributed by atoms with Gasteiger partial charge in [-0.05, 0) is 30.5 Å². The normalized spacial score (nSPS) is 14.2. The first kappa shape index (κ1) is 18.0. The number of carbonyl (C=O) groups excluding carboxylic acids is 3. The molecule has 1 aromatic heterocycles. The highest BCUT2D eigenvalue weighted by molar-refractivity contribution is 6.23. The second-order valence-corrected chi connectivity index (χ2v) is 7.23. The van der Waals surface area contributed by atoms with E-state index in [1.54, 1.807) is 43.5 Å². The Kier molecular flexibility index (Phi) is 4.06. The first-order valence-electron chi connectivity index (χ1n) is 9.60. The van der Waals surface area contributed by atoms with E-state index in [9.17, 15) is 14.4 Å². The monoisotopic (exact) mass is 395 g/mol. The second kappa shape index (κ2) is 6.77. The first-order valence-corrected chi connectivity index (χ1v) is 9.60. The Morgan fingerprint density at radius 1 is 0.867 bits per heavy atom. The average Bonchev–Trinajstić information content (AvgIpc) is 3.03. The van der Waals surface area contributed by atoms with E-state index in [4.69, 9.17) is 0 Å². The molecule has 3 aromatic carbocycles. The van der Waals surface area contributed by atoms with Gasteiger partial charge in [-0.2, -0.15) is 0 Å². The van der Waals surface area contributed by atoms with Gasteiger partial charge in [0.05, 0.1) is 22.3 Å². The van der Waals surface area contributed by atoms with Crippen LogP contribution in [-0.2, 0) is 4.79 Å². The maximum Gasteiger partial charge on any atom is 0.262 e. The summed E-state index contributed by atoms with van der Waals surface area (Å²) in [5, 5.41) is 5.70. The zero-order chi connectivity index (χ0) is 20.8. The Hall–Kier alpha value is -4.06. The second-order valence-electron chi connectivity index (χ2n) is 7.23. The highest BCUT2D eigenvalue weighted by atomic mass is 16.2. The van der Waals surface area contributed by atoms with Gasteiger partial charge >= 0.3 is 0 Å².